The Labute approximate surface area is 140 Å². The van der Waals surface area contributed by atoms with Crippen LogP contribution in [0.5, 0.6) is 0 Å². The van der Waals surface area contributed by atoms with E-state index < -0.39 is 18.0 Å². The number of thioether (sulfide) groups is 1. The first-order valence-electron chi connectivity index (χ1n) is 7.21. The number of carbonyl (C=O) groups excluding carboxylic acids is 2. The van der Waals surface area contributed by atoms with E-state index in [4.69, 9.17) is 10.5 Å². The third-order valence-electron chi connectivity index (χ3n) is 3.30. The van der Waals surface area contributed by atoms with Crippen LogP contribution >= 0.6 is 11.8 Å². The van der Waals surface area contributed by atoms with Crippen molar-refractivity contribution < 1.29 is 14.3 Å². The van der Waals surface area contributed by atoms with E-state index in [0.29, 0.717) is 5.56 Å². The van der Waals surface area contributed by atoms with E-state index in [-0.39, 0.29) is 5.75 Å². The molecule has 2 aromatic carbocycles. The molecule has 5 heteroatoms. The quantitative estimate of drug-likeness (QED) is 0.653. The maximum atomic E-state index is 12.0. The third-order valence-corrected chi connectivity index (χ3v) is 4.43. The molecule has 0 fully saturated rings. The lowest BCUT2D eigenvalue weighted by Gasteiger charge is -2.15. The number of benzene rings is 2. The number of aryl methyl sites for hydroxylation is 2. The molecule has 0 heterocycles. The van der Waals surface area contributed by atoms with E-state index in [1.807, 2.05) is 38.1 Å². The molecule has 2 rings (SSSR count). The number of primary amides is 1. The minimum Gasteiger partial charge on any atom is -0.447 e. The SMILES string of the molecule is Cc1ccc(C)c(SCC(=O)O[C@@H](C(N)=O)c2ccccc2)c1. The largest absolute Gasteiger partial charge is 0.447 e. The van der Waals surface area contributed by atoms with Crippen molar-refractivity contribution >= 4 is 23.6 Å². The van der Waals surface area contributed by atoms with Gasteiger partial charge in [-0.1, -0.05) is 48.0 Å². The van der Waals surface area contributed by atoms with Crippen LogP contribution in [0.15, 0.2) is 53.4 Å². The predicted molar refractivity (Wildman–Crippen MR) is 91.1 cm³/mol. The van der Waals surface area contributed by atoms with Gasteiger partial charge >= 0.3 is 5.97 Å². The molecule has 0 aromatic heterocycles. The average molecular weight is 329 g/mol. The van der Waals surface area contributed by atoms with Crippen molar-refractivity contribution in [2.24, 2.45) is 5.73 Å². The Balaban J connectivity index is 2.00. The Hall–Kier alpha value is -2.27. The van der Waals surface area contributed by atoms with Crippen LogP contribution in [0.25, 0.3) is 0 Å². The number of rotatable bonds is 6. The van der Waals surface area contributed by atoms with Gasteiger partial charge < -0.3 is 10.5 Å². The van der Waals surface area contributed by atoms with Crippen LogP contribution in [0.4, 0.5) is 0 Å². The Morgan fingerprint density at radius 2 is 1.83 bits per heavy atom. The van der Waals surface area contributed by atoms with Crippen LogP contribution in [-0.4, -0.2) is 17.6 Å². The van der Waals surface area contributed by atoms with Gasteiger partial charge in [-0.15, -0.1) is 11.8 Å². The summed E-state index contributed by atoms with van der Waals surface area (Å²) in [6.07, 6.45) is -1.05. The maximum Gasteiger partial charge on any atom is 0.317 e. The number of esters is 1. The molecule has 0 radical (unpaired) electrons. The number of carbonyl (C=O) groups is 2. The predicted octanol–water partition coefficient (Wildman–Crippen LogP) is 3.17. The number of hydrogen-bond donors (Lipinski definition) is 1. The highest BCUT2D eigenvalue weighted by atomic mass is 32.2. The fraction of sp³-hybridized carbons (Fsp3) is 0.222. The van der Waals surface area contributed by atoms with E-state index in [1.165, 1.54) is 11.8 Å². The molecule has 23 heavy (non-hydrogen) atoms. The van der Waals surface area contributed by atoms with Gasteiger partial charge in [-0.05, 0) is 25.5 Å². The standard InChI is InChI=1S/C18H19NO3S/c1-12-8-9-13(2)15(10-12)23-11-16(20)22-17(18(19)21)14-6-4-3-5-7-14/h3-10,17H,11H2,1-2H3,(H2,19,21)/t17-/m1/s1. The maximum absolute atomic E-state index is 12.0. The number of amides is 1. The zero-order valence-corrected chi connectivity index (χ0v) is 13.9. The van der Waals surface area contributed by atoms with E-state index in [9.17, 15) is 9.59 Å². The summed E-state index contributed by atoms with van der Waals surface area (Å²) >= 11 is 1.39. The monoisotopic (exact) mass is 329 g/mol. The summed E-state index contributed by atoms with van der Waals surface area (Å²) in [5.74, 6) is -1.02. The summed E-state index contributed by atoms with van der Waals surface area (Å²) < 4.78 is 5.26. The summed E-state index contributed by atoms with van der Waals surface area (Å²) in [6.45, 7) is 3.99. The third kappa shape index (κ3) is 4.86. The van der Waals surface area contributed by atoms with Crippen molar-refractivity contribution in [3.63, 3.8) is 0 Å². The van der Waals surface area contributed by atoms with Gasteiger partial charge in [-0.3, -0.25) is 9.59 Å². The molecule has 2 N–H and O–H groups in total. The summed E-state index contributed by atoms with van der Waals surface area (Å²) in [5, 5.41) is 0. The summed E-state index contributed by atoms with van der Waals surface area (Å²) in [6, 6.07) is 14.8. The van der Waals surface area contributed by atoms with Gasteiger partial charge in [0.2, 0.25) is 6.10 Å². The number of ether oxygens (including phenoxy) is 1. The first-order chi connectivity index (χ1) is 11.0. The molecule has 0 saturated carbocycles. The van der Waals surface area contributed by atoms with Gasteiger partial charge in [-0.2, -0.15) is 0 Å². The topological polar surface area (TPSA) is 69.4 Å². The highest BCUT2D eigenvalue weighted by molar-refractivity contribution is 8.00. The smallest absolute Gasteiger partial charge is 0.317 e. The minimum absolute atomic E-state index is 0.126. The van der Waals surface area contributed by atoms with Crippen molar-refractivity contribution in [1.29, 1.82) is 0 Å². The molecular formula is C18H19NO3S. The molecule has 1 amide bonds. The van der Waals surface area contributed by atoms with Crippen molar-refractivity contribution in [1.82, 2.24) is 0 Å². The van der Waals surface area contributed by atoms with Crippen LogP contribution in [0.1, 0.15) is 22.8 Å². The second kappa shape index (κ2) is 7.83. The van der Waals surface area contributed by atoms with Gasteiger partial charge in [0.1, 0.15) is 0 Å². The summed E-state index contributed by atoms with van der Waals surface area (Å²) in [5.41, 5.74) is 8.15. The van der Waals surface area contributed by atoms with E-state index in [1.54, 1.807) is 24.3 Å². The average Bonchev–Trinajstić information content (AvgIpc) is 2.54. The lowest BCUT2D eigenvalue weighted by atomic mass is 10.1. The fourth-order valence-electron chi connectivity index (χ4n) is 2.08. The summed E-state index contributed by atoms with van der Waals surface area (Å²) in [7, 11) is 0. The van der Waals surface area contributed by atoms with Gasteiger partial charge in [0.15, 0.2) is 0 Å². The van der Waals surface area contributed by atoms with E-state index in [2.05, 4.69) is 0 Å². The number of hydrogen-bond acceptors (Lipinski definition) is 4. The molecule has 0 bridgehead atoms. The number of nitrogens with two attached hydrogens (primary N) is 1. The van der Waals surface area contributed by atoms with Crippen LogP contribution < -0.4 is 5.73 Å². The van der Waals surface area contributed by atoms with Crippen molar-refractivity contribution in [2.45, 2.75) is 24.8 Å². The lowest BCUT2D eigenvalue weighted by molar-refractivity contribution is -0.152. The second-order valence-electron chi connectivity index (χ2n) is 5.24. The molecule has 0 spiro atoms. The molecule has 2 aromatic rings. The molecular weight excluding hydrogens is 310 g/mol. The highest BCUT2D eigenvalue weighted by Gasteiger charge is 2.22. The van der Waals surface area contributed by atoms with Gasteiger partial charge in [0.25, 0.3) is 5.91 Å². The zero-order valence-electron chi connectivity index (χ0n) is 13.1. The highest BCUT2D eigenvalue weighted by Crippen LogP contribution is 2.25. The van der Waals surface area contributed by atoms with Gasteiger partial charge in [0, 0.05) is 10.5 Å². The first kappa shape index (κ1) is 17.1. The zero-order chi connectivity index (χ0) is 16.8. The van der Waals surface area contributed by atoms with Gasteiger partial charge in [0.05, 0.1) is 5.75 Å². The first-order valence-corrected chi connectivity index (χ1v) is 8.19. The van der Waals surface area contributed by atoms with Crippen LogP contribution in [0, 0.1) is 13.8 Å². The van der Waals surface area contributed by atoms with Crippen LogP contribution in [0.3, 0.4) is 0 Å². The Bertz CT molecular complexity index is 701. The Kier molecular flexibility index (Phi) is 5.82. The second-order valence-corrected chi connectivity index (χ2v) is 6.26. The Morgan fingerprint density at radius 1 is 1.13 bits per heavy atom. The van der Waals surface area contributed by atoms with Crippen LogP contribution in [0.2, 0.25) is 0 Å². The molecule has 120 valence electrons. The molecule has 4 nitrogen and oxygen atoms in total. The van der Waals surface area contributed by atoms with Crippen LogP contribution in [-0.2, 0) is 14.3 Å². The van der Waals surface area contributed by atoms with Crippen molar-refractivity contribution in [3.8, 4) is 0 Å². The summed E-state index contributed by atoms with van der Waals surface area (Å²) in [4.78, 5) is 24.6. The van der Waals surface area contributed by atoms with Gasteiger partial charge in [-0.25, -0.2) is 0 Å². The van der Waals surface area contributed by atoms with E-state index >= 15 is 0 Å². The van der Waals surface area contributed by atoms with Crippen molar-refractivity contribution in [3.05, 3.63) is 65.2 Å². The molecule has 0 aliphatic heterocycles. The molecule has 0 aliphatic carbocycles. The molecule has 0 unspecified atom stereocenters. The van der Waals surface area contributed by atoms with E-state index in [0.717, 1.165) is 16.0 Å². The Morgan fingerprint density at radius 3 is 2.48 bits per heavy atom. The molecule has 1 atom stereocenters. The molecule has 0 saturated heterocycles. The normalized spacial score (nSPS) is 11.7. The van der Waals surface area contributed by atoms with Crippen molar-refractivity contribution in [2.75, 3.05) is 5.75 Å². The fourth-order valence-corrected chi connectivity index (χ4v) is 2.99. The molecule has 0 aliphatic rings. The minimum atomic E-state index is -1.05. The lowest BCUT2D eigenvalue weighted by Crippen LogP contribution is -2.26.